The number of rotatable bonds is 6. The molecule has 0 saturated carbocycles. The van der Waals surface area contributed by atoms with Crippen LogP contribution in [0.2, 0.25) is 0 Å². The van der Waals surface area contributed by atoms with Gasteiger partial charge >= 0.3 is 19.5 Å². The molecule has 2 aliphatic rings. The van der Waals surface area contributed by atoms with Crippen LogP contribution in [0.25, 0.3) is 46.4 Å². The summed E-state index contributed by atoms with van der Waals surface area (Å²) in [6.45, 7) is 8.93. The predicted octanol–water partition coefficient (Wildman–Crippen LogP) is 9.24. The minimum Gasteiger partial charge on any atom is -0.657 e. The smallest absolute Gasteiger partial charge is 0.657 e. The van der Waals surface area contributed by atoms with Crippen LogP contribution in [-0.4, -0.2) is 9.97 Å². The van der Waals surface area contributed by atoms with Crippen molar-refractivity contribution in [3.05, 3.63) is 67.1 Å². The Kier molecular flexibility index (Phi) is 9.09. The Labute approximate surface area is 248 Å². The minimum absolute atomic E-state index is 0. The monoisotopic (exact) mass is 668 g/mol. The van der Waals surface area contributed by atoms with E-state index in [9.17, 15) is 0 Å². The van der Waals surface area contributed by atoms with Crippen LogP contribution >= 0.6 is 31.9 Å². The Hall–Kier alpha value is -1.82. The van der Waals surface area contributed by atoms with Gasteiger partial charge in [0.2, 0.25) is 0 Å². The third-order valence-electron chi connectivity index (χ3n) is 7.35. The summed E-state index contributed by atoms with van der Waals surface area (Å²) in [5.74, 6) is 0.743. The van der Waals surface area contributed by atoms with E-state index in [2.05, 4.69) is 108 Å². The van der Waals surface area contributed by atoms with Crippen LogP contribution in [0.15, 0.2) is 33.2 Å². The van der Waals surface area contributed by atoms with Crippen molar-refractivity contribution in [2.75, 3.05) is 0 Å². The number of halogens is 2. The maximum absolute atomic E-state index is 5.06. The van der Waals surface area contributed by atoms with Crippen molar-refractivity contribution in [1.29, 1.82) is 0 Å². The van der Waals surface area contributed by atoms with Crippen molar-refractivity contribution in [2.24, 2.45) is 0 Å². The van der Waals surface area contributed by atoms with E-state index in [4.69, 9.17) is 19.9 Å². The Bertz CT molecular complexity index is 1420. The summed E-state index contributed by atoms with van der Waals surface area (Å²) in [5.41, 5.74) is 9.88. The molecule has 5 heterocycles. The second-order valence-electron chi connectivity index (χ2n) is 9.34. The second kappa shape index (κ2) is 11.9. The molecule has 8 bridgehead atoms. The van der Waals surface area contributed by atoms with Crippen LogP contribution in [0.1, 0.15) is 99.1 Å². The summed E-state index contributed by atoms with van der Waals surface area (Å²) in [6, 6.07) is 8.39. The van der Waals surface area contributed by atoms with E-state index >= 15 is 0 Å². The van der Waals surface area contributed by atoms with Gasteiger partial charge in [-0.25, -0.2) is 9.97 Å². The summed E-state index contributed by atoms with van der Waals surface area (Å²) < 4.78 is 1.81. The molecule has 7 heteroatoms. The molecule has 3 aromatic rings. The van der Waals surface area contributed by atoms with Gasteiger partial charge in [0, 0.05) is 14.5 Å². The van der Waals surface area contributed by atoms with Gasteiger partial charge in [0.1, 0.15) is 0 Å². The van der Waals surface area contributed by atoms with Crippen LogP contribution in [0, 0.1) is 0 Å². The topological polar surface area (TPSA) is 54.0 Å². The van der Waals surface area contributed by atoms with Gasteiger partial charge in [-0.15, -0.1) is 22.1 Å². The Morgan fingerprint density at radius 1 is 0.568 bits per heavy atom. The number of aromatic nitrogens is 4. The first-order chi connectivity index (χ1) is 17.5. The van der Waals surface area contributed by atoms with E-state index in [0.717, 1.165) is 79.5 Å². The van der Waals surface area contributed by atoms with E-state index in [0.29, 0.717) is 11.8 Å². The average molecular weight is 672 g/mol. The molecular weight excluding hydrogens is 642 g/mol. The zero-order valence-electron chi connectivity index (χ0n) is 21.9. The maximum Gasteiger partial charge on any atom is 2.00 e. The molecule has 186 valence electrons. The molecule has 0 aromatic carbocycles. The molecule has 0 saturated heterocycles. The zero-order chi connectivity index (χ0) is 25.4. The molecule has 0 N–H and O–H groups in total. The fourth-order valence-electron chi connectivity index (χ4n) is 5.29. The van der Waals surface area contributed by atoms with Gasteiger partial charge in [0.05, 0.1) is 22.8 Å². The quantitative estimate of drug-likeness (QED) is 0.169. The van der Waals surface area contributed by atoms with Gasteiger partial charge in [0.15, 0.2) is 0 Å². The third-order valence-corrected chi connectivity index (χ3v) is 8.98. The van der Waals surface area contributed by atoms with Crippen LogP contribution in [-0.2, 0) is 19.5 Å². The number of fused-ring (bicyclic) bond motifs is 8. The van der Waals surface area contributed by atoms with Crippen molar-refractivity contribution in [1.82, 2.24) is 19.9 Å². The molecule has 0 fully saturated rings. The summed E-state index contributed by atoms with van der Waals surface area (Å²) in [5, 5.41) is 0. The van der Waals surface area contributed by atoms with Crippen molar-refractivity contribution in [3.8, 4) is 0 Å². The van der Waals surface area contributed by atoms with Gasteiger partial charge < -0.3 is 9.97 Å². The fraction of sp³-hybridized carbons (Fsp3) is 0.333. The first kappa shape index (κ1) is 28.2. The Balaban J connectivity index is 0.00000320. The van der Waals surface area contributed by atoms with Crippen molar-refractivity contribution < 1.29 is 19.5 Å². The first-order valence-corrected chi connectivity index (χ1v) is 14.4. The molecule has 5 rings (SSSR count). The van der Waals surface area contributed by atoms with E-state index in [-0.39, 0.29) is 19.5 Å². The van der Waals surface area contributed by atoms with Crippen molar-refractivity contribution >= 4 is 78.2 Å². The van der Waals surface area contributed by atoms with Gasteiger partial charge in [-0.2, -0.15) is 0 Å². The molecular formula is C30H30Br2N4Zn. The summed E-state index contributed by atoms with van der Waals surface area (Å²) in [6.07, 6.45) is 12.5. The number of hydrogen-bond acceptors (Lipinski definition) is 2. The molecule has 0 amide bonds. The zero-order valence-corrected chi connectivity index (χ0v) is 28.0. The van der Waals surface area contributed by atoms with E-state index in [1.54, 1.807) is 0 Å². The minimum atomic E-state index is 0. The molecule has 4 nitrogen and oxygen atoms in total. The fourth-order valence-corrected chi connectivity index (χ4v) is 6.18. The largest absolute Gasteiger partial charge is 2.00 e. The van der Waals surface area contributed by atoms with Crippen LogP contribution < -0.4 is 9.97 Å². The number of nitrogens with zero attached hydrogens (tertiary/aromatic N) is 4. The van der Waals surface area contributed by atoms with E-state index in [1.165, 1.54) is 11.1 Å². The van der Waals surface area contributed by atoms with E-state index < -0.39 is 0 Å². The molecule has 0 unspecified atom stereocenters. The molecule has 0 atom stereocenters. The molecule has 3 aromatic heterocycles. The van der Waals surface area contributed by atoms with Crippen LogP contribution in [0.3, 0.4) is 0 Å². The van der Waals surface area contributed by atoms with Gasteiger partial charge in [-0.1, -0.05) is 57.5 Å². The Morgan fingerprint density at radius 2 is 0.919 bits per heavy atom. The molecule has 0 spiro atoms. The molecule has 2 aliphatic heterocycles. The standard InChI is InChI=1S/C30H30Br2N4.Zn/c1-5-17(6-2)27-19-9-13-23(33-19)29(31)25-15-11-21(35-25)28(18(7-3)8-4)22-12-16-26(36-22)30(32)24-14-10-20(27)34-24;/h9-18H,5-8H2,1-4H3;/q-2;+2. The maximum atomic E-state index is 5.06. The Morgan fingerprint density at radius 3 is 1.32 bits per heavy atom. The normalized spacial score (nSPS) is 12.5. The second-order valence-corrected chi connectivity index (χ2v) is 10.9. The van der Waals surface area contributed by atoms with Gasteiger partial charge in [0.25, 0.3) is 0 Å². The SMILES string of the molecule is CCC(CC)c1c2nc(c(Br)c3ccc([n-]3)c(C(CC)CC)c3ccc([n-]3)c(Br)c3nc1C=C3)C=C2.[Zn+2]. The van der Waals surface area contributed by atoms with Gasteiger partial charge in [-0.3, -0.25) is 0 Å². The summed E-state index contributed by atoms with van der Waals surface area (Å²) >= 11 is 7.64. The number of hydrogen-bond donors (Lipinski definition) is 0. The third kappa shape index (κ3) is 5.24. The molecule has 0 aliphatic carbocycles. The first-order valence-electron chi connectivity index (χ1n) is 12.8. The predicted molar refractivity (Wildman–Crippen MR) is 159 cm³/mol. The van der Waals surface area contributed by atoms with Crippen LogP contribution in [0.4, 0.5) is 0 Å². The molecule has 0 radical (unpaired) electrons. The van der Waals surface area contributed by atoms with Gasteiger partial charge in [-0.05, 0) is 93.7 Å². The van der Waals surface area contributed by atoms with Crippen molar-refractivity contribution in [2.45, 2.75) is 65.2 Å². The molecule has 37 heavy (non-hydrogen) atoms. The average Bonchev–Trinajstić information content (AvgIpc) is 3.71. The summed E-state index contributed by atoms with van der Waals surface area (Å²) in [7, 11) is 0. The summed E-state index contributed by atoms with van der Waals surface area (Å²) in [4.78, 5) is 20.3. The van der Waals surface area contributed by atoms with E-state index in [1.807, 2.05) is 0 Å². The van der Waals surface area contributed by atoms with Crippen molar-refractivity contribution in [3.63, 3.8) is 0 Å². The van der Waals surface area contributed by atoms with Crippen LogP contribution in [0.5, 0.6) is 0 Å².